The van der Waals surface area contributed by atoms with Gasteiger partial charge >= 0.3 is 0 Å². The lowest BCUT2D eigenvalue weighted by molar-refractivity contribution is 0.0767. The second kappa shape index (κ2) is 4.85. The van der Waals surface area contributed by atoms with E-state index in [9.17, 15) is 18.0 Å². The summed E-state index contributed by atoms with van der Waals surface area (Å²) in [6.45, 7) is 3.05. The summed E-state index contributed by atoms with van der Waals surface area (Å²) in [5.41, 5.74) is 4.67. The summed E-state index contributed by atoms with van der Waals surface area (Å²) >= 11 is 0. The Morgan fingerprint density at radius 3 is 2.42 bits per heavy atom. The van der Waals surface area contributed by atoms with E-state index in [4.69, 9.17) is 5.73 Å². The van der Waals surface area contributed by atoms with Crippen molar-refractivity contribution in [2.24, 2.45) is 11.1 Å². The van der Waals surface area contributed by atoms with Crippen LogP contribution in [0.1, 0.15) is 23.7 Å². The number of nitrogens with zero attached hydrogens (tertiary/aromatic N) is 1. The Morgan fingerprint density at radius 2 is 1.95 bits per heavy atom. The summed E-state index contributed by atoms with van der Waals surface area (Å²) < 4.78 is 39.9. The van der Waals surface area contributed by atoms with Crippen LogP contribution in [-0.4, -0.2) is 30.4 Å². The predicted octanol–water partition coefficient (Wildman–Crippen LogP) is 1.91. The van der Waals surface area contributed by atoms with Gasteiger partial charge in [-0.05, 0) is 18.4 Å². The minimum atomic E-state index is -1.18. The van der Waals surface area contributed by atoms with Crippen molar-refractivity contribution in [2.75, 3.05) is 19.6 Å². The summed E-state index contributed by atoms with van der Waals surface area (Å²) in [4.78, 5) is 13.4. The molecule has 1 unspecified atom stereocenters. The van der Waals surface area contributed by atoms with Crippen molar-refractivity contribution in [3.05, 3.63) is 35.1 Å². The molecule has 0 bridgehead atoms. The average Bonchev–Trinajstić information content (AvgIpc) is 2.71. The summed E-state index contributed by atoms with van der Waals surface area (Å²) in [5.74, 6) is -4.15. The van der Waals surface area contributed by atoms with Gasteiger partial charge in [-0.15, -0.1) is 0 Å². The van der Waals surface area contributed by atoms with Gasteiger partial charge in [0.15, 0.2) is 0 Å². The molecule has 2 rings (SSSR count). The van der Waals surface area contributed by atoms with E-state index in [0.717, 1.165) is 0 Å². The largest absolute Gasteiger partial charge is 0.338 e. The molecule has 0 spiro atoms. The number of amides is 1. The van der Waals surface area contributed by atoms with Gasteiger partial charge in [-0.25, -0.2) is 13.2 Å². The first kappa shape index (κ1) is 13.9. The molecule has 19 heavy (non-hydrogen) atoms. The van der Waals surface area contributed by atoms with E-state index in [1.807, 2.05) is 6.92 Å². The zero-order chi connectivity index (χ0) is 14.2. The van der Waals surface area contributed by atoms with Crippen LogP contribution in [0.2, 0.25) is 0 Å². The molecule has 6 heteroatoms. The molecule has 1 fully saturated rings. The Balaban J connectivity index is 2.27. The third-order valence-electron chi connectivity index (χ3n) is 3.56. The van der Waals surface area contributed by atoms with Crippen molar-refractivity contribution in [3.8, 4) is 0 Å². The highest BCUT2D eigenvalue weighted by Gasteiger charge is 2.36. The molecule has 1 atom stereocenters. The van der Waals surface area contributed by atoms with E-state index in [2.05, 4.69) is 0 Å². The Labute approximate surface area is 109 Å². The minimum Gasteiger partial charge on any atom is -0.338 e. The van der Waals surface area contributed by atoms with Gasteiger partial charge in [0.2, 0.25) is 0 Å². The summed E-state index contributed by atoms with van der Waals surface area (Å²) in [6.07, 6.45) is 0.680. The lowest BCUT2D eigenvalue weighted by atomic mass is 9.90. The molecular formula is C13H15F3N2O. The number of rotatable bonds is 2. The van der Waals surface area contributed by atoms with Gasteiger partial charge < -0.3 is 10.6 Å². The normalized spacial score (nSPS) is 22.9. The molecule has 0 radical (unpaired) electrons. The van der Waals surface area contributed by atoms with Crippen molar-refractivity contribution < 1.29 is 18.0 Å². The standard InChI is InChI=1S/C13H15F3N2O/c1-13(6-17)2-3-18(7-13)12(19)11-9(15)4-8(14)5-10(11)16/h4-5H,2-3,6-7,17H2,1H3. The first-order valence-corrected chi connectivity index (χ1v) is 6.00. The van der Waals surface area contributed by atoms with Crippen LogP contribution in [0.25, 0.3) is 0 Å². The van der Waals surface area contributed by atoms with E-state index in [1.54, 1.807) is 0 Å². The maximum Gasteiger partial charge on any atom is 0.259 e. The molecule has 1 saturated heterocycles. The molecule has 0 saturated carbocycles. The highest BCUT2D eigenvalue weighted by Crippen LogP contribution is 2.30. The molecule has 1 aromatic rings. The molecule has 3 nitrogen and oxygen atoms in total. The molecule has 1 aromatic carbocycles. The molecule has 1 aliphatic heterocycles. The van der Waals surface area contributed by atoms with Crippen LogP contribution in [-0.2, 0) is 0 Å². The van der Waals surface area contributed by atoms with Gasteiger partial charge in [-0.3, -0.25) is 4.79 Å². The third kappa shape index (κ3) is 2.58. The first-order chi connectivity index (χ1) is 8.86. The Hall–Kier alpha value is -1.56. The van der Waals surface area contributed by atoms with Gasteiger partial charge in [-0.2, -0.15) is 0 Å². The van der Waals surface area contributed by atoms with Crippen LogP contribution < -0.4 is 5.73 Å². The van der Waals surface area contributed by atoms with Gasteiger partial charge in [0.25, 0.3) is 5.91 Å². The van der Waals surface area contributed by atoms with Crippen LogP contribution in [0.4, 0.5) is 13.2 Å². The number of hydrogen-bond donors (Lipinski definition) is 1. The number of benzene rings is 1. The van der Waals surface area contributed by atoms with Gasteiger partial charge in [0.05, 0.1) is 0 Å². The SMILES string of the molecule is CC1(CN)CCN(C(=O)c2c(F)cc(F)cc2F)C1. The van der Waals surface area contributed by atoms with Crippen LogP contribution in [0.3, 0.4) is 0 Å². The average molecular weight is 272 g/mol. The van der Waals surface area contributed by atoms with Crippen molar-refractivity contribution in [3.63, 3.8) is 0 Å². The molecular weight excluding hydrogens is 257 g/mol. The lowest BCUT2D eigenvalue weighted by Crippen LogP contribution is -2.35. The fraction of sp³-hybridized carbons (Fsp3) is 0.462. The van der Waals surface area contributed by atoms with Crippen LogP contribution in [0.15, 0.2) is 12.1 Å². The molecule has 2 N–H and O–H groups in total. The fourth-order valence-corrected chi connectivity index (χ4v) is 2.27. The van der Waals surface area contributed by atoms with Gasteiger partial charge in [0.1, 0.15) is 23.0 Å². The van der Waals surface area contributed by atoms with Crippen molar-refractivity contribution in [1.82, 2.24) is 4.90 Å². The van der Waals surface area contributed by atoms with Gasteiger partial charge in [0, 0.05) is 25.2 Å². The van der Waals surface area contributed by atoms with E-state index < -0.39 is 28.9 Å². The maximum atomic E-state index is 13.5. The molecule has 1 amide bonds. The van der Waals surface area contributed by atoms with Crippen molar-refractivity contribution >= 4 is 5.91 Å². The number of halogens is 3. The first-order valence-electron chi connectivity index (χ1n) is 6.00. The molecule has 0 aromatic heterocycles. The maximum absolute atomic E-state index is 13.5. The highest BCUT2D eigenvalue weighted by atomic mass is 19.1. The quantitative estimate of drug-likeness (QED) is 0.894. The van der Waals surface area contributed by atoms with Crippen LogP contribution in [0, 0.1) is 22.9 Å². The molecule has 1 heterocycles. The highest BCUT2D eigenvalue weighted by molar-refractivity contribution is 5.95. The van der Waals surface area contributed by atoms with E-state index >= 15 is 0 Å². The Morgan fingerprint density at radius 1 is 1.37 bits per heavy atom. The zero-order valence-corrected chi connectivity index (χ0v) is 10.5. The van der Waals surface area contributed by atoms with E-state index in [0.29, 0.717) is 38.2 Å². The van der Waals surface area contributed by atoms with Gasteiger partial charge in [-0.1, -0.05) is 6.92 Å². The molecule has 1 aliphatic rings. The fourth-order valence-electron chi connectivity index (χ4n) is 2.27. The molecule has 0 aliphatic carbocycles. The van der Waals surface area contributed by atoms with Crippen molar-refractivity contribution in [1.29, 1.82) is 0 Å². The summed E-state index contributed by atoms with van der Waals surface area (Å²) in [7, 11) is 0. The number of hydrogen-bond acceptors (Lipinski definition) is 2. The van der Waals surface area contributed by atoms with E-state index in [-0.39, 0.29) is 5.41 Å². The lowest BCUT2D eigenvalue weighted by Gasteiger charge is -2.22. The zero-order valence-electron chi connectivity index (χ0n) is 10.5. The number of carbonyl (C=O) groups is 1. The smallest absolute Gasteiger partial charge is 0.259 e. The Kier molecular flexibility index (Phi) is 3.54. The monoisotopic (exact) mass is 272 g/mol. The Bertz CT molecular complexity index is 498. The van der Waals surface area contributed by atoms with Crippen LogP contribution >= 0.6 is 0 Å². The third-order valence-corrected chi connectivity index (χ3v) is 3.56. The predicted molar refractivity (Wildman–Crippen MR) is 64.0 cm³/mol. The summed E-state index contributed by atoms with van der Waals surface area (Å²) in [6, 6.07) is 1.02. The summed E-state index contributed by atoms with van der Waals surface area (Å²) in [5, 5.41) is 0. The second-order valence-electron chi connectivity index (χ2n) is 5.24. The molecule has 104 valence electrons. The topological polar surface area (TPSA) is 46.3 Å². The van der Waals surface area contributed by atoms with Crippen molar-refractivity contribution in [2.45, 2.75) is 13.3 Å². The number of carbonyl (C=O) groups excluding carboxylic acids is 1. The van der Waals surface area contributed by atoms with E-state index in [1.165, 1.54) is 4.90 Å². The minimum absolute atomic E-state index is 0.233. The second-order valence-corrected chi connectivity index (χ2v) is 5.24. The number of likely N-dealkylation sites (tertiary alicyclic amines) is 1. The van der Waals surface area contributed by atoms with Crippen LogP contribution in [0.5, 0.6) is 0 Å². The number of nitrogens with two attached hydrogens (primary N) is 1.